The van der Waals surface area contributed by atoms with Gasteiger partial charge in [0.2, 0.25) is 17.3 Å². The molecule has 0 saturated carbocycles. The first kappa shape index (κ1) is 42.0. The highest BCUT2D eigenvalue weighted by Crippen LogP contribution is 2.41. The number of imidazole rings is 6. The van der Waals surface area contributed by atoms with E-state index in [1.165, 1.54) is 16.2 Å². The maximum atomic E-state index is 5.45. The molecule has 0 unspecified atom stereocenters. The van der Waals surface area contributed by atoms with Crippen LogP contribution in [0.5, 0.6) is 0 Å². The quantitative estimate of drug-likeness (QED) is 0.172. The van der Waals surface area contributed by atoms with Gasteiger partial charge in [-0.1, -0.05) is 103 Å². The second-order valence-corrected chi connectivity index (χ2v) is 21.0. The third kappa shape index (κ3) is 5.44. The standard InChI is InChI=1S/C69H41N11/c1-2-16-42(17-3-1)75-64-37-33-46(74-55-23-9-5-19-48(55)50-39-44(32-36-57(50)74)77-61-27-13-15-29-63(61)79-59-25-11-7-21-52(59)71-69(77)79)41-66(64)80-65-40-45(30-34-53(65)72-67(75)80)73-54-22-8-4-18-47(54)49-38-43(31-35-56(49)73)76-60-26-12-14-28-62(60)78-58-24-10-6-20-51(58)70-68(76)78/h1-41H. The lowest BCUT2D eigenvalue weighted by atomic mass is 10.1. The molecule has 0 radical (unpaired) electrons. The summed E-state index contributed by atoms with van der Waals surface area (Å²) in [5.74, 6) is 2.63. The van der Waals surface area contributed by atoms with Crippen LogP contribution in [0.3, 0.4) is 0 Å². The van der Waals surface area contributed by atoms with Crippen LogP contribution in [0.15, 0.2) is 249 Å². The summed E-state index contributed by atoms with van der Waals surface area (Å²) in [5, 5.41) is 4.69. The zero-order valence-electron chi connectivity index (χ0n) is 42.6. The van der Waals surface area contributed by atoms with Crippen molar-refractivity contribution in [1.82, 2.24) is 51.0 Å². The van der Waals surface area contributed by atoms with E-state index in [0.29, 0.717) is 0 Å². The van der Waals surface area contributed by atoms with Crippen molar-refractivity contribution in [3.05, 3.63) is 249 Å². The minimum atomic E-state index is 0.850. The Bertz CT molecular complexity index is 5870. The number of para-hydroxylation sites is 11. The van der Waals surface area contributed by atoms with Gasteiger partial charge < -0.3 is 9.13 Å². The summed E-state index contributed by atoms with van der Waals surface area (Å²) in [6.45, 7) is 0. The lowest BCUT2D eigenvalue weighted by molar-refractivity contribution is 1.11. The third-order valence-electron chi connectivity index (χ3n) is 16.8. The van der Waals surface area contributed by atoms with Crippen molar-refractivity contribution in [1.29, 1.82) is 0 Å². The van der Waals surface area contributed by atoms with Crippen LogP contribution in [0.1, 0.15) is 0 Å². The van der Waals surface area contributed by atoms with Crippen molar-refractivity contribution in [2.45, 2.75) is 0 Å². The van der Waals surface area contributed by atoms with Crippen LogP contribution in [0.4, 0.5) is 0 Å². The highest BCUT2D eigenvalue weighted by Gasteiger charge is 2.24. The average molecular weight is 1020 g/mol. The minimum absolute atomic E-state index is 0.850. The first-order chi connectivity index (χ1) is 39.7. The van der Waals surface area contributed by atoms with Crippen LogP contribution in [-0.2, 0) is 0 Å². The average Bonchev–Trinajstić information content (AvgIpc) is 4.57. The first-order valence-corrected chi connectivity index (χ1v) is 27.0. The summed E-state index contributed by atoms with van der Waals surface area (Å²) in [7, 11) is 0. The number of hydrogen-bond acceptors (Lipinski definition) is 3. The molecule has 11 heteroatoms. The molecule has 0 atom stereocenters. The molecule has 8 aromatic heterocycles. The van der Waals surface area contributed by atoms with Gasteiger partial charge in [-0.25, -0.2) is 15.0 Å². The Morgan fingerprint density at radius 2 is 0.525 bits per heavy atom. The molecular weight excluding hydrogens is 983 g/mol. The van der Waals surface area contributed by atoms with Crippen molar-refractivity contribution >= 4 is 127 Å². The molecule has 19 rings (SSSR count). The Morgan fingerprint density at radius 3 is 1.05 bits per heavy atom. The van der Waals surface area contributed by atoms with Crippen molar-refractivity contribution in [3.63, 3.8) is 0 Å². The second-order valence-electron chi connectivity index (χ2n) is 21.0. The monoisotopic (exact) mass is 1020 g/mol. The van der Waals surface area contributed by atoms with Gasteiger partial charge in [-0.2, -0.15) is 0 Å². The van der Waals surface area contributed by atoms with E-state index in [1.807, 2.05) is 0 Å². The smallest absolute Gasteiger partial charge is 0.220 e. The van der Waals surface area contributed by atoms with Gasteiger partial charge in [-0.15, -0.1) is 0 Å². The molecule has 0 fully saturated rings. The van der Waals surface area contributed by atoms with Crippen molar-refractivity contribution < 1.29 is 0 Å². The molecule has 0 bridgehead atoms. The van der Waals surface area contributed by atoms with E-state index < -0.39 is 0 Å². The molecule has 80 heavy (non-hydrogen) atoms. The Balaban J connectivity index is 0.815. The maximum absolute atomic E-state index is 5.45. The molecule has 0 aliphatic rings. The SMILES string of the molecule is c1ccc(-n2c3ccc(-n4c5ccccc5c5cc(-n6c7ccccc7n7c8ccccc8nc67)ccc54)cc3n3c4cc(-n5c6ccccc6c6cc(-n7c8ccccc8n8c9ccccc9nc78)ccc65)ccc4nc23)cc1. The fraction of sp³-hybridized carbons (Fsp3) is 0. The maximum Gasteiger partial charge on any atom is 0.220 e. The van der Waals surface area contributed by atoms with Crippen LogP contribution >= 0.6 is 0 Å². The number of hydrogen-bond donors (Lipinski definition) is 0. The molecule has 0 spiro atoms. The Morgan fingerprint density at radius 1 is 0.188 bits per heavy atom. The van der Waals surface area contributed by atoms with Crippen molar-refractivity contribution in [2.24, 2.45) is 0 Å². The van der Waals surface area contributed by atoms with Crippen molar-refractivity contribution in [3.8, 4) is 28.4 Å². The third-order valence-corrected chi connectivity index (χ3v) is 16.8. The van der Waals surface area contributed by atoms with Crippen LogP contribution in [0.2, 0.25) is 0 Å². The lowest BCUT2D eigenvalue weighted by Gasteiger charge is -2.11. The minimum Gasteiger partial charge on any atom is -0.309 e. The molecule has 0 aliphatic carbocycles. The summed E-state index contributed by atoms with van der Waals surface area (Å²) in [4.78, 5) is 15.9. The molecule has 19 aromatic rings. The van der Waals surface area contributed by atoms with Gasteiger partial charge in [0, 0.05) is 50.0 Å². The predicted molar refractivity (Wildman–Crippen MR) is 324 cm³/mol. The number of fused-ring (bicyclic) bond motifs is 21. The Kier molecular flexibility index (Phi) is 8.02. The van der Waals surface area contributed by atoms with E-state index in [9.17, 15) is 0 Å². The van der Waals surface area contributed by atoms with Gasteiger partial charge in [-0.05, 0) is 146 Å². The highest BCUT2D eigenvalue weighted by atomic mass is 15.2. The van der Waals surface area contributed by atoms with Gasteiger partial charge in [-0.3, -0.25) is 26.9 Å². The zero-order chi connectivity index (χ0) is 51.9. The molecule has 0 aliphatic heterocycles. The van der Waals surface area contributed by atoms with Gasteiger partial charge >= 0.3 is 0 Å². The molecule has 0 amide bonds. The Hall–Kier alpha value is -11.2. The molecule has 11 nitrogen and oxygen atoms in total. The molecule has 372 valence electrons. The van der Waals surface area contributed by atoms with Crippen LogP contribution in [-0.4, -0.2) is 51.0 Å². The van der Waals surface area contributed by atoms with Gasteiger partial charge in [0.25, 0.3) is 0 Å². The predicted octanol–water partition coefficient (Wildman–Crippen LogP) is 16.1. The summed E-state index contributed by atoms with van der Waals surface area (Å²) in [6.07, 6.45) is 0. The van der Waals surface area contributed by atoms with E-state index >= 15 is 0 Å². The lowest BCUT2D eigenvalue weighted by Crippen LogP contribution is -1.97. The molecule has 11 aromatic carbocycles. The number of aromatic nitrogens is 11. The van der Waals surface area contributed by atoms with E-state index in [1.54, 1.807) is 0 Å². The van der Waals surface area contributed by atoms with E-state index in [4.69, 9.17) is 15.0 Å². The largest absolute Gasteiger partial charge is 0.309 e. The highest BCUT2D eigenvalue weighted by molar-refractivity contribution is 6.12. The molecule has 8 heterocycles. The fourth-order valence-corrected chi connectivity index (χ4v) is 13.5. The number of nitrogens with zero attached hydrogens (tertiary/aromatic N) is 11. The number of rotatable bonds is 5. The topological polar surface area (TPSA) is 76.5 Å². The fourth-order valence-electron chi connectivity index (χ4n) is 13.5. The Labute approximate surface area is 453 Å². The summed E-state index contributed by atoms with van der Waals surface area (Å²) < 4.78 is 18.6. The van der Waals surface area contributed by atoms with E-state index in [0.717, 1.165) is 139 Å². The van der Waals surface area contributed by atoms with Crippen molar-refractivity contribution in [2.75, 3.05) is 0 Å². The van der Waals surface area contributed by atoms with Gasteiger partial charge in [0.1, 0.15) is 0 Å². The van der Waals surface area contributed by atoms with Gasteiger partial charge in [0.05, 0.1) is 88.3 Å². The molecule has 0 N–H and O–H groups in total. The summed E-state index contributed by atoms with van der Waals surface area (Å²) >= 11 is 0. The van der Waals surface area contributed by atoms with E-state index in [-0.39, 0.29) is 0 Å². The van der Waals surface area contributed by atoms with Crippen LogP contribution < -0.4 is 0 Å². The second kappa shape index (κ2) is 15.3. The van der Waals surface area contributed by atoms with E-state index in [2.05, 4.69) is 285 Å². The summed E-state index contributed by atoms with van der Waals surface area (Å²) in [5.41, 5.74) is 22.4. The molecule has 0 saturated heterocycles. The number of benzene rings is 11. The van der Waals surface area contributed by atoms with Crippen LogP contribution in [0.25, 0.3) is 156 Å². The first-order valence-electron chi connectivity index (χ1n) is 27.0. The van der Waals surface area contributed by atoms with Crippen LogP contribution in [0, 0.1) is 0 Å². The normalized spacial score (nSPS) is 12.5. The summed E-state index contributed by atoms with van der Waals surface area (Å²) in [6, 6.07) is 89.4. The zero-order valence-corrected chi connectivity index (χ0v) is 42.6. The van der Waals surface area contributed by atoms with Gasteiger partial charge in [0.15, 0.2) is 0 Å². The molecular formula is C69H41N11.